The minimum absolute atomic E-state index is 0.227. The Kier molecular flexibility index (Phi) is 5.45. The second-order valence-electron chi connectivity index (χ2n) is 4.55. The molecule has 2 N–H and O–H groups in total. The molecule has 1 heterocycles. The summed E-state index contributed by atoms with van der Waals surface area (Å²) < 4.78 is 5.51. The van der Waals surface area contributed by atoms with Gasteiger partial charge in [0.15, 0.2) is 0 Å². The molecule has 3 heteroatoms. The van der Waals surface area contributed by atoms with Crippen molar-refractivity contribution in [3.8, 4) is 0 Å². The first-order chi connectivity index (χ1) is 6.72. The largest absolute Gasteiger partial charge is 0.395 e. The summed E-state index contributed by atoms with van der Waals surface area (Å²) in [5.74, 6) is 0.629. The molecule has 0 saturated carbocycles. The molecule has 1 rings (SSSR count). The van der Waals surface area contributed by atoms with Gasteiger partial charge in [0, 0.05) is 19.2 Å². The van der Waals surface area contributed by atoms with E-state index >= 15 is 0 Å². The van der Waals surface area contributed by atoms with Gasteiger partial charge in [-0.05, 0) is 25.2 Å². The molecule has 0 amide bonds. The lowest BCUT2D eigenvalue weighted by Gasteiger charge is -2.20. The molecule has 0 bridgehead atoms. The Labute approximate surface area is 86.8 Å². The second-order valence-corrected chi connectivity index (χ2v) is 4.55. The van der Waals surface area contributed by atoms with Crippen molar-refractivity contribution >= 4 is 0 Å². The molecular weight excluding hydrogens is 178 g/mol. The van der Waals surface area contributed by atoms with Crippen LogP contribution in [0.4, 0.5) is 0 Å². The van der Waals surface area contributed by atoms with Gasteiger partial charge in [-0.25, -0.2) is 0 Å². The van der Waals surface area contributed by atoms with E-state index in [1.54, 1.807) is 0 Å². The fourth-order valence-corrected chi connectivity index (χ4v) is 1.89. The lowest BCUT2D eigenvalue weighted by Crippen LogP contribution is -2.38. The molecule has 0 aromatic heterocycles. The molecule has 3 nitrogen and oxygen atoms in total. The average molecular weight is 201 g/mol. The van der Waals surface area contributed by atoms with E-state index in [9.17, 15) is 0 Å². The highest BCUT2D eigenvalue weighted by molar-refractivity contribution is 4.73. The van der Waals surface area contributed by atoms with Gasteiger partial charge in [0.1, 0.15) is 0 Å². The van der Waals surface area contributed by atoms with Crippen LogP contribution in [0.3, 0.4) is 0 Å². The van der Waals surface area contributed by atoms with E-state index in [-0.39, 0.29) is 12.6 Å². The van der Waals surface area contributed by atoms with Gasteiger partial charge >= 0.3 is 0 Å². The fourth-order valence-electron chi connectivity index (χ4n) is 1.89. The van der Waals surface area contributed by atoms with Gasteiger partial charge < -0.3 is 15.2 Å². The first-order valence-electron chi connectivity index (χ1n) is 5.68. The smallest absolute Gasteiger partial charge is 0.0700 e. The van der Waals surface area contributed by atoms with Crippen molar-refractivity contribution in [3.05, 3.63) is 0 Å². The van der Waals surface area contributed by atoms with Crippen molar-refractivity contribution < 1.29 is 9.84 Å². The average Bonchev–Trinajstić information content (AvgIpc) is 2.64. The van der Waals surface area contributed by atoms with Gasteiger partial charge in [-0.1, -0.05) is 13.8 Å². The highest BCUT2D eigenvalue weighted by Crippen LogP contribution is 2.11. The second kappa shape index (κ2) is 6.38. The van der Waals surface area contributed by atoms with Gasteiger partial charge in [-0.15, -0.1) is 0 Å². The van der Waals surface area contributed by atoms with E-state index < -0.39 is 0 Å². The Hall–Kier alpha value is -0.120. The minimum atomic E-state index is 0.227. The molecule has 14 heavy (non-hydrogen) atoms. The minimum Gasteiger partial charge on any atom is -0.395 e. The maximum Gasteiger partial charge on any atom is 0.0700 e. The van der Waals surface area contributed by atoms with E-state index in [0.29, 0.717) is 12.0 Å². The third-order valence-corrected chi connectivity index (χ3v) is 2.63. The lowest BCUT2D eigenvalue weighted by atomic mass is 10.0. The van der Waals surface area contributed by atoms with Crippen molar-refractivity contribution in [1.29, 1.82) is 0 Å². The van der Waals surface area contributed by atoms with E-state index in [2.05, 4.69) is 19.2 Å². The Morgan fingerprint density at radius 3 is 2.79 bits per heavy atom. The number of aliphatic hydroxyl groups is 1. The molecule has 84 valence electrons. The number of rotatable bonds is 6. The van der Waals surface area contributed by atoms with Crippen LogP contribution in [0, 0.1) is 5.92 Å². The summed E-state index contributed by atoms with van der Waals surface area (Å²) in [6.45, 7) is 6.37. The van der Waals surface area contributed by atoms with Gasteiger partial charge in [0.05, 0.1) is 12.7 Å². The van der Waals surface area contributed by atoms with Gasteiger partial charge in [-0.3, -0.25) is 0 Å². The number of nitrogens with one attached hydrogen (secondary N) is 1. The molecular formula is C11H23NO2. The van der Waals surface area contributed by atoms with Crippen LogP contribution in [0.1, 0.15) is 33.1 Å². The Balaban J connectivity index is 2.12. The number of hydrogen-bond donors (Lipinski definition) is 2. The molecule has 1 aliphatic heterocycles. The third-order valence-electron chi connectivity index (χ3n) is 2.63. The van der Waals surface area contributed by atoms with Crippen LogP contribution in [-0.4, -0.2) is 37.0 Å². The number of ether oxygens (including phenoxy) is 1. The van der Waals surface area contributed by atoms with E-state index in [0.717, 1.165) is 26.0 Å². The molecule has 0 radical (unpaired) electrons. The van der Waals surface area contributed by atoms with E-state index in [1.165, 1.54) is 6.42 Å². The first kappa shape index (κ1) is 12.0. The molecule has 0 spiro atoms. The van der Waals surface area contributed by atoms with Gasteiger partial charge in [0.2, 0.25) is 0 Å². The van der Waals surface area contributed by atoms with Crippen LogP contribution >= 0.6 is 0 Å². The molecule has 1 aliphatic rings. The zero-order valence-electron chi connectivity index (χ0n) is 9.33. The summed E-state index contributed by atoms with van der Waals surface area (Å²) in [5.41, 5.74) is 0. The maximum atomic E-state index is 9.15. The quantitative estimate of drug-likeness (QED) is 0.677. The zero-order valence-corrected chi connectivity index (χ0v) is 9.33. The topological polar surface area (TPSA) is 41.5 Å². The predicted molar refractivity (Wildman–Crippen MR) is 57.3 cm³/mol. The Bertz CT molecular complexity index is 144. The molecule has 0 aromatic carbocycles. The molecule has 0 aliphatic carbocycles. The summed E-state index contributed by atoms with van der Waals surface area (Å²) >= 11 is 0. The SMILES string of the molecule is CC(C)CC(CO)NCC1CCCO1. The summed E-state index contributed by atoms with van der Waals surface area (Å²) in [7, 11) is 0. The Morgan fingerprint density at radius 2 is 2.29 bits per heavy atom. The summed E-state index contributed by atoms with van der Waals surface area (Å²) in [6, 6.07) is 0.235. The lowest BCUT2D eigenvalue weighted by molar-refractivity contribution is 0.102. The van der Waals surface area contributed by atoms with Crippen LogP contribution in [0.2, 0.25) is 0 Å². The monoisotopic (exact) mass is 201 g/mol. The van der Waals surface area contributed by atoms with Crippen molar-refractivity contribution in [3.63, 3.8) is 0 Å². The number of hydrogen-bond acceptors (Lipinski definition) is 3. The van der Waals surface area contributed by atoms with Crippen molar-refractivity contribution in [2.24, 2.45) is 5.92 Å². The molecule has 0 aromatic rings. The van der Waals surface area contributed by atoms with Crippen LogP contribution in [0.25, 0.3) is 0 Å². The standard InChI is InChI=1S/C11H23NO2/c1-9(2)6-10(8-13)12-7-11-4-3-5-14-11/h9-13H,3-8H2,1-2H3. The molecule has 2 unspecified atom stereocenters. The number of aliphatic hydroxyl groups excluding tert-OH is 1. The highest BCUT2D eigenvalue weighted by Gasteiger charge is 2.17. The first-order valence-corrected chi connectivity index (χ1v) is 5.68. The summed E-state index contributed by atoms with van der Waals surface area (Å²) in [4.78, 5) is 0. The van der Waals surface area contributed by atoms with Crippen LogP contribution < -0.4 is 5.32 Å². The van der Waals surface area contributed by atoms with E-state index in [4.69, 9.17) is 9.84 Å². The summed E-state index contributed by atoms with van der Waals surface area (Å²) in [5, 5.41) is 12.5. The third kappa shape index (κ3) is 4.40. The zero-order chi connectivity index (χ0) is 10.4. The van der Waals surface area contributed by atoms with Crippen LogP contribution in [0.15, 0.2) is 0 Å². The van der Waals surface area contributed by atoms with E-state index in [1.807, 2.05) is 0 Å². The normalized spacial score (nSPS) is 24.4. The van der Waals surface area contributed by atoms with Crippen molar-refractivity contribution in [2.45, 2.75) is 45.3 Å². The molecule has 2 atom stereocenters. The Morgan fingerprint density at radius 1 is 1.50 bits per heavy atom. The van der Waals surface area contributed by atoms with Crippen molar-refractivity contribution in [1.82, 2.24) is 5.32 Å². The summed E-state index contributed by atoms with van der Waals surface area (Å²) in [6.07, 6.45) is 3.74. The maximum absolute atomic E-state index is 9.15. The molecule has 1 saturated heterocycles. The molecule has 1 fully saturated rings. The van der Waals surface area contributed by atoms with Gasteiger partial charge in [-0.2, -0.15) is 0 Å². The highest BCUT2D eigenvalue weighted by atomic mass is 16.5. The van der Waals surface area contributed by atoms with Crippen LogP contribution in [0.5, 0.6) is 0 Å². The van der Waals surface area contributed by atoms with Gasteiger partial charge in [0.25, 0.3) is 0 Å². The fraction of sp³-hybridized carbons (Fsp3) is 1.00. The van der Waals surface area contributed by atoms with Crippen LogP contribution in [-0.2, 0) is 4.74 Å². The predicted octanol–water partition coefficient (Wildman–Crippen LogP) is 1.16. The van der Waals surface area contributed by atoms with Crippen molar-refractivity contribution in [2.75, 3.05) is 19.8 Å².